The van der Waals surface area contributed by atoms with Gasteiger partial charge in [0.2, 0.25) is 0 Å². The fourth-order valence-corrected chi connectivity index (χ4v) is 3.50. The van der Waals surface area contributed by atoms with Crippen molar-refractivity contribution in [3.63, 3.8) is 0 Å². The minimum absolute atomic E-state index is 0.0500. The van der Waals surface area contributed by atoms with E-state index in [4.69, 9.17) is 0 Å². The van der Waals surface area contributed by atoms with Gasteiger partial charge in [0.1, 0.15) is 0 Å². The third-order valence-corrected chi connectivity index (χ3v) is 4.81. The van der Waals surface area contributed by atoms with Crippen LogP contribution in [0.3, 0.4) is 0 Å². The summed E-state index contributed by atoms with van der Waals surface area (Å²) < 4.78 is 1.07. The van der Waals surface area contributed by atoms with Crippen LogP contribution in [0, 0.1) is 5.92 Å². The van der Waals surface area contributed by atoms with Crippen molar-refractivity contribution in [2.24, 2.45) is 5.92 Å². The molecular weight excluding hydrogens is 256 g/mol. The molecule has 2 atom stereocenters. The van der Waals surface area contributed by atoms with Crippen LogP contribution in [-0.2, 0) is 0 Å². The molecule has 0 bridgehead atoms. The second-order valence-corrected chi connectivity index (χ2v) is 6.26. The number of amides is 1. The van der Waals surface area contributed by atoms with Crippen molar-refractivity contribution < 1.29 is 4.79 Å². The molecule has 2 aromatic rings. The number of thiazole rings is 1. The number of nitrogens with one attached hydrogen (secondary N) is 1. The Morgan fingerprint density at radius 2 is 2.21 bits per heavy atom. The second-order valence-electron chi connectivity index (χ2n) is 5.38. The van der Waals surface area contributed by atoms with Crippen LogP contribution in [0.15, 0.2) is 23.7 Å². The van der Waals surface area contributed by atoms with E-state index in [1.54, 1.807) is 11.3 Å². The highest BCUT2D eigenvalue weighted by Crippen LogP contribution is 2.24. The Bertz CT molecular complexity index is 593. The Kier molecular flexibility index (Phi) is 3.51. The number of hydrogen-bond acceptors (Lipinski definition) is 3. The van der Waals surface area contributed by atoms with E-state index in [1.165, 1.54) is 19.3 Å². The Labute approximate surface area is 117 Å². The van der Waals surface area contributed by atoms with Gasteiger partial charge in [-0.25, -0.2) is 4.98 Å². The van der Waals surface area contributed by atoms with Gasteiger partial charge in [0.15, 0.2) is 0 Å². The van der Waals surface area contributed by atoms with Gasteiger partial charge in [-0.2, -0.15) is 0 Å². The summed E-state index contributed by atoms with van der Waals surface area (Å²) in [4.78, 5) is 16.5. The molecule has 1 aliphatic carbocycles. The largest absolute Gasteiger partial charge is 0.349 e. The van der Waals surface area contributed by atoms with E-state index < -0.39 is 0 Å². The molecule has 1 heterocycles. The number of hydrogen-bond donors (Lipinski definition) is 1. The molecule has 0 saturated heterocycles. The molecule has 3 nitrogen and oxygen atoms in total. The standard InChI is InChI=1S/C15H18N2OS/c1-10-4-2-3-5-12(10)17-15(18)11-6-7-13-14(8-11)19-9-16-13/h6-10,12H,2-5H2,1H3,(H,17,18). The molecule has 1 aromatic heterocycles. The van der Waals surface area contributed by atoms with E-state index in [0.717, 1.165) is 22.2 Å². The number of fused-ring (bicyclic) bond motifs is 1. The van der Waals surface area contributed by atoms with Crippen LogP contribution in [-0.4, -0.2) is 16.9 Å². The first-order valence-electron chi connectivity index (χ1n) is 6.88. The van der Waals surface area contributed by atoms with Crippen molar-refractivity contribution in [3.05, 3.63) is 29.3 Å². The Morgan fingerprint density at radius 3 is 3.05 bits per heavy atom. The highest BCUT2D eigenvalue weighted by molar-refractivity contribution is 7.16. The van der Waals surface area contributed by atoms with Crippen LogP contribution in [0.4, 0.5) is 0 Å². The summed E-state index contributed by atoms with van der Waals surface area (Å²) in [7, 11) is 0. The molecule has 1 aliphatic rings. The smallest absolute Gasteiger partial charge is 0.251 e. The SMILES string of the molecule is CC1CCCCC1NC(=O)c1ccc2ncsc2c1. The number of benzene rings is 1. The summed E-state index contributed by atoms with van der Waals surface area (Å²) in [6, 6.07) is 6.06. The van der Waals surface area contributed by atoms with Gasteiger partial charge in [-0.15, -0.1) is 11.3 Å². The topological polar surface area (TPSA) is 42.0 Å². The number of rotatable bonds is 2. The minimum Gasteiger partial charge on any atom is -0.349 e. The van der Waals surface area contributed by atoms with Gasteiger partial charge in [-0.1, -0.05) is 19.8 Å². The van der Waals surface area contributed by atoms with Gasteiger partial charge >= 0.3 is 0 Å². The van der Waals surface area contributed by atoms with Crippen LogP contribution >= 0.6 is 11.3 Å². The van der Waals surface area contributed by atoms with Crippen molar-refractivity contribution >= 4 is 27.5 Å². The Hall–Kier alpha value is -1.42. The Balaban J connectivity index is 1.75. The molecule has 1 amide bonds. The minimum atomic E-state index is 0.0500. The van der Waals surface area contributed by atoms with Gasteiger partial charge in [-0.3, -0.25) is 4.79 Å². The number of nitrogens with zero attached hydrogens (tertiary/aromatic N) is 1. The molecule has 4 heteroatoms. The van der Waals surface area contributed by atoms with Crippen molar-refractivity contribution in [3.8, 4) is 0 Å². The van der Waals surface area contributed by atoms with Gasteiger partial charge in [-0.05, 0) is 37.0 Å². The number of carbonyl (C=O) groups is 1. The second kappa shape index (κ2) is 5.29. The van der Waals surface area contributed by atoms with E-state index in [9.17, 15) is 4.79 Å². The third kappa shape index (κ3) is 2.63. The van der Waals surface area contributed by atoms with Gasteiger partial charge in [0, 0.05) is 11.6 Å². The molecule has 1 saturated carbocycles. The van der Waals surface area contributed by atoms with Crippen LogP contribution in [0.2, 0.25) is 0 Å². The zero-order chi connectivity index (χ0) is 13.2. The van der Waals surface area contributed by atoms with Crippen molar-refractivity contribution in [2.75, 3.05) is 0 Å². The first-order chi connectivity index (χ1) is 9.24. The summed E-state index contributed by atoms with van der Waals surface area (Å²) in [6.07, 6.45) is 4.85. The van der Waals surface area contributed by atoms with E-state index in [0.29, 0.717) is 12.0 Å². The predicted molar refractivity (Wildman–Crippen MR) is 78.5 cm³/mol. The lowest BCUT2D eigenvalue weighted by atomic mass is 9.86. The maximum absolute atomic E-state index is 12.3. The number of aromatic nitrogens is 1. The summed E-state index contributed by atoms with van der Waals surface area (Å²) in [6.45, 7) is 2.23. The van der Waals surface area contributed by atoms with E-state index >= 15 is 0 Å². The normalized spacial score (nSPS) is 23.4. The molecule has 0 aliphatic heterocycles. The zero-order valence-electron chi connectivity index (χ0n) is 11.1. The fraction of sp³-hybridized carbons (Fsp3) is 0.467. The van der Waals surface area contributed by atoms with Crippen LogP contribution in [0.5, 0.6) is 0 Å². The maximum Gasteiger partial charge on any atom is 0.251 e. The monoisotopic (exact) mass is 274 g/mol. The van der Waals surface area contributed by atoms with E-state index in [2.05, 4.69) is 17.2 Å². The molecule has 19 heavy (non-hydrogen) atoms. The highest BCUT2D eigenvalue weighted by atomic mass is 32.1. The lowest BCUT2D eigenvalue weighted by Gasteiger charge is -2.29. The Morgan fingerprint density at radius 1 is 1.37 bits per heavy atom. The summed E-state index contributed by atoms with van der Waals surface area (Å²) in [5.41, 5.74) is 3.53. The van der Waals surface area contributed by atoms with Crippen LogP contribution in [0.1, 0.15) is 43.0 Å². The van der Waals surface area contributed by atoms with Crippen molar-refractivity contribution in [2.45, 2.75) is 38.6 Å². The first kappa shape index (κ1) is 12.6. The first-order valence-corrected chi connectivity index (χ1v) is 7.76. The maximum atomic E-state index is 12.3. The lowest BCUT2D eigenvalue weighted by Crippen LogP contribution is -2.41. The van der Waals surface area contributed by atoms with Crippen molar-refractivity contribution in [1.82, 2.24) is 10.3 Å². The molecule has 2 unspecified atom stereocenters. The van der Waals surface area contributed by atoms with E-state index in [-0.39, 0.29) is 5.91 Å². The zero-order valence-corrected chi connectivity index (χ0v) is 11.9. The highest BCUT2D eigenvalue weighted by Gasteiger charge is 2.23. The average Bonchev–Trinajstić information content (AvgIpc) is 2.88. The van der Waals surface area contributed by atoms with E-state index in [1.807, 2.05) is 23.7 Å². The molecule has 100 valence electrons. The molecule has 1 N–H and O–H groups in total. The summed E-state index contributed by atoms with van der Waals surface area (Å²) in [5.74, 6) is 0.638. The third-order valence-electron chi connectivity index (χ3n) is 4.02. The quantitative estimate of drug-likeness (QED) is 0.909. The molecule has 0 spiro atoms. The molecular formula is C15H18N2OS. The molecule has 1 fully saturated rings. The molecule has 1 aromatic carbocycles. The van der Waals surface area contributed by atoms with Gasteiger partial charge in [0.05, 0.1) is 15.7 Å². The van der Waals surface area contributed by atoms with Gasteiger partial charge in [0.25, 0.3) is 5.91 Å². The molecule has 3 rings (SSSR count). The predicted octanol–water partition coefficient (Wildman–Crippen LogP) is 3.60. The lowest BCUT2D eigenvalue weighted by molar-refractivity contribution is 0.0910. The van der Waals surface area contributed by atoms with Crippen LogP contribution < -0.4 is 5.32 Å². The van der Waals surface area contributed by atoms with Crippen molar-refractivity contribution in [1.29, 1.82) is 0 Å². The molecule has 0 radical (unpaired) electrons. The summed E-state index contributed by atoms with van der Waals surface area (Å²) in [5, 5.41) is 3.19. The van der Waals surface area contributed by atoms with Gasteiger partial charge < -0.3 is 5.32 Å². The summed E-state index contributed by atoms with van der Waals surface area (Å²) >= 11 is 1.57. The van der Waals surface area contributed by atoms with Crippen LogP contribution in [0.25, 0.3) is 10.2 Å². The average molecular weight is 274 g/mol. The fourth-order valence-electron chi connectivity index (χ4n) is 2.78. The number of carbonyl (C=O) groups excluding carboxylic acids is 1.